The molecular formula is C29H44N6O5S. The fourth-order valence-electron chi connectivity index (χ4n) is 6.73. The lowest BCUT2D eigenvalue weighted by molar-refractivity contribution is -0.147. The minimum atomic E-state index is -0.736. The molecule has 4 amide bonds. The van der Waals surface area contributed by atoms with Gasteiger partial charge < -0.3 is 29.7 Å². The maximum atomic E-state index is 14.0. The molecule has 1 spiro atoms. The van der Waals surface area contributed by atoms with Crippen molar-refractivity contribution in [1.82, 2.24) is 29.9 Å². The Labute approximate surface area is 246 Å². The van der Waals surface area contributed by atoms with Crippen molar-refractivity contribution in [3.63, 3.8) is 0 Å². The summed E-state index contributed by atoms with van der Waals surface area (Å²) in [6.45, 7) is 5.47. The second-order valence-electron chi connectivity index (χ2n) is 12.3. The molecule has 1 N–H and O–H groups in total. The minimum absolute atomic E-state index is 0.0156. The maximum Gasteiger partial charge on any atom is 0.242 e. The first-order chi connectivity index (χ1) is 19.7. The van der Waals surface area contributed by atoms with Gasteiger partial charge in [0.1, 0.15) is 13.1 Å². The van der Waals surface area contributed by atoms with Gasteiger partial charge in [-0.2, -0.15) is 0 Å². The van der Waals surface area contributed by atoms with Crippen molar-refractivity contribution >= 4 is 35.0 Å². The second-order valence-corrected chi connectivity index (χ2v) is 13.5. The highest BCUT2D eigenvalue weighted by atomic mass is 32.1. The summed E-state index contributed by atoms with van der Waals surface area (Å²) in [5.74, 6) is -0.450. The Morgan fingerprint density at radius 3 is 2.51 bits per heavy atom. The summed E-state index contributed by atoms with van der Waals surface area (Å²) < 4.78 is 5.33. The number of aromatic nitrogens is 1. The molecule has 4 bridgehead atoms. The Morgan fingerprint density at radius 1 is 1.07 bits per heavy atom. The van der Waals surface area contributed by atoms with Gasteiger partial charge in [0, 0.05) is 50.6 Å². The van der Waals surface area contributed by atoms with Gasteiger partial charge in [0.2, 0.25) is 23.6 Å². The van der Waals surface area contributed by atoms with E-state index >= 15 is 0 Å². The van der Waals surface area contributed by atoms with Crippen LogP contribution in [-0.4, -0.2) is 126 Å². The van der Waals surface area contributed by atoms with Crippen LogP contribution in [0.5, 0.6) is 0 Å². The number of likely N-dealkylation sites (tertiary alicyclic amines) is 2. The van der Waals surface area contributed by atoms with E-state index in [1.165, 1.54) is 4.90 Å². The quantitative estimate of drug-likeness (QED) is 0.561. The van der Waals surface area contributed by atoms with Crippen LogP contribution < -0.4 is 5.32 Å². The number of hydrogen-bond acceptors (Lipinski definition) is 8. The number of methoxy groups -OCH3 is 1. The van der Waals surface area contributed by atoms with Crippen molar-refractivity contribution in [2.75, 3.05) is 66.6 Å². The molecule has 0 radical (unpaired) electrons. The standard InChI is InChI=1S/C29H44N6O5S/c1-20-23-15-24(36)31-29(8-13-32(2)14-9-29)16-25(37)34(18-27(39)35-10-4-5-22(35)19-40-3)17-26(38)33-11-6-21(7-12-33)28(30-23)41-20/h21-22H,4-19H2,1-3H3,(H,31,36)/t22-/m1/s1. The van der Waals surface area contributed by atoms with Crippen molar-refractivity contribution < 1.29 is 23.9 Å². The predicted octanol–water partition coefficient (Wildman–Crippen LogP) is 1.15. The van der Waals surface area contributed by atoms with Gasteiger partial charge in [0.25, 0.3) is 0 Å². The lowest BCUT2D eigenvalue weighted by atomic mass is 9.83. The minimum Gasteiger partial charge on any atom is -0.383 e. The molecule has 0 aromatic carbocycles. The fourth-order valence-corrected chi connectivity index (χ4v) is 7.84. The zero-order chi connectivity index (χ0) is 29.1. The highest BCUT2D eigenvalue weighted by Gasteiger charge is 2.40. The number of rotatable bonds is 4. The molecule has 6 heterocycles. The van der Waals surface area contributed by atoms with E-state index in [1.54, 1.807) is 23.3 Å². The zero-order valence-corrected chi connectivity index (χ0v) is 25.5. The second kappa shape index (κ2) is 12.7. The number of hydrogen-bond donors (Lipinski definition) is 1. The van der Waals surface area contributed by atoms with E-state index in [9.17, 15) is 19.2 Å². The Balaban J connectivity index is 1.42. The number of aryl methyl sites for hydroxylation is 1. The third-order valence-corrected chi connectivity index (χ3v) is 10.5. The van der Waals surface area contributed by atoms with Crippen molar-refractivity contribution in [3.8, 4) is 0 Å². The fraction of sp³-hybridized carbons (Fsp3) is 0.759. The first kappa shape index (κ1) is 29.9. The van der Waals surface area contributed by atoms with Gasteiger partial charge in [-0.05, 0) is 52.5 Å². The van der Waals surface area contributed by atoms with Gasteiger partial charge in [0.15, 0.2) is 0 Å². The van der Waals surface area contributed by atoms with Crippen LogP contribution in [0.25, 0.3) is 0 Å². The highest BCUT2D eigenvalue weighted by Crippen LogP contribution is 2.33. The molecule has 1 aromatic heterocycles. The van der Waals surface area contributed by atoms with Crippen LogP contribution >= 0.6 is 11.3 Å². The number of nitrogens with zero attached hydrogens (tertiary/aromatic N) is 5. The number of ether oxygens (including phenoxy) is 1. The number of nitrogens with one attached hydrogen (secondary N) is 1. The molecule has 1 atom stereocenters. The van der Waals surface area contributed by atoms with Gasteiger partial charge in [-0.25, -0.2) is 4.98 Å². The molecule has 3 saturated heterocycles. The van der Waals surface area contributed by atoms with Gasteiger partial charge in [0.05, 0.1) is 41.7 Å². The van der Waals surface area contributed by atoms with Crippen molar-refractivity contribution in [2.24, 2.45) is 0 Å². The van der Waals surface area contributed by atoms with Crippen LogP contribution in [0, 0.1) is 6.92 Å². The molecule has 6 rings (SSSR count). The van der Waals surface area contributed by atoms with Gasteiger partial charge in [-0.3, -0.25) is 19.2 Å². The first-order valence-corrected chi connectivity index (χ1v) is 15.8. The predicted molar refractivity (Wildman–Crippen MR) is 155 cm³/mol. The summed E-state index contributed by atoms with van der Waals surface area (Å²) in [6.07, 6.45) is 4.82. The molecule has 5 aliphatic heterocycles. The van der Waals surface area contributed by atoms with Gasteiger partial charge >= 0.3 is 0 Å². The maximum absolute atomic E-state index is 14.0. The van der Waals surface area contributed by atoms with E-state index in [0.29, 0.717) is 39.1 Å². The number of carbonyl (C=O) groups is 4. The van der Waals surface area contributed by atoms with E-state index in [1.807, 2.05) is 18.9 Å². The van der Waals surface area contributed by atoms with Crippen molar-refractivity contribution in [3.05, 3.63) is 15.6 Å². The normalized spacial score (nSPS) is 24.9. The molecular weight excluding hydrogens is 544 g/mol. The van der Waals surface area contributed by atoms with Crippen LogP contribution in [0.3, 0.4) is 0 Å². The van der Waals surface area contributed by atoms with E-state index in [-0.39, 0.29) is 61.5 Å². The van der Waals surface area contributed by atoms with Crippen molar-refractivity contribution in [2.45, 2.75) is 75.8 Å². The van der Waals surface area contributed by atoms with E-state index in [4.69, 9.17) is 9.72 Å². The largest absolute Gasteiger partial charge is 0.383 e. The monoisotopic (exact) mass is 588 g/mol. The molecule has 0 unspecified atom stereocenters. The lowest BCUT2D eigenvalue weighted by Crippen LogP contribution is -2.58. The number of piperidine rings is 2. The average Bonchev–Trinajstić information content (AvgIpc) is 3.56. The third kappa shape index (κ3) is 6.91. The average molecular weight is 589 g/mol. The number of amides is 4. The summed E-state index contributed by atoms with van der Waals surface area (Å²) in [6, 6.07) is -0.0156. The van der Waals surface area contributed by atoms with E-state index in [2.05, 4.69) is 10.2 Å². The topological polar surface area (TPSA) is 115 Å². The molecule has 1 aromatic rings. The van der Waals surface area contributed by atoms with E-state index in [0.717, 1.165) is 54.4 Å². The molecule has 12 heteroatoms. The zero-order valence-electron chi connectivity index (χ0n) is 24.7. The SMILES string of the molecule is COC[C@H]1CCCN1C(=O)CN1CC(=O)N2CCC(CC2)c2nc(c(C)s2)CC(=O)NC2(CCN(C)CC2)CC1=O. The highest BCUT2D eigenvalue weighted by molar-refractivity contribution is 7.11. The Kier molecular flexibility index (Phi) is 9.30. The molecule has 41 heavy (non-hydrogen) atoms. The summed E-state index contributed by atoms with van der Waals surface area (Å²) in [4.78, 5) is 67.6. The Morgan fingerprint density at radius 2 is 1.80 bits per heavy atom. The number of fused-ring (bicyclic) bond motifs is 8. The van der Waals surface area contributed by atoms with Crippen LogP contribution in [0.2, 0.25) is 0 Å². The lowest BCUT2D eigenvalue weighted by Gasteiger charge is -2.42. The number of thiazole rings is 1. The molecule has 3 fully saturated rings. The molecule has 11 nitrogen and oxygen atoms in total. The smallest absolute Gasteiger partial charge is 0.242 e. The summed E-state index contributed by atoms with van der Waals surface area (Å²) in [7, 11) is 3.66. The van der Waals surface area contributed by atoms with Crippen LogP contribution in [0.4, 0.5) is 0 Å². The Bertz CT molecular complexity index is 1140. The van der Waals surface area contributed by atoms with Crippen LogP contribution in [-0.2, 0) is 30.3 Å². The molecule has 5 aliphatic rings. The molecule has 0 aliphatic carbocycles. The summed E-state index contributed by atoms with van der Waals surface area (Å²) >= 11 is 1.65. The summed E-state index contributed by atoms with van der Waals surface area (Å²) in [5, 5.41) is 4.27. The molecule has 226 valence electrons. The number of carbonyl (C=O) groups excluding carboxylic acids is 4. The molecule has 0 saturated carbocycles. The van der Waals surface area contributed by atoms with E-state index < -0.39 is 5.54 Å². The van der Waals surface area contributed by atoms with Gasteiger partial charge in [-0.15, -0.1) is 11.3 Å². The van der Waals surface area contributed by atoms with Crippen LogP contribution in [0.1, 0.15) is 66.4 Å². The van der Waals surface area contributed by atoms with Gasteiger partial charge in [-0.1, -0.05) is 0 Å². The van der Waals surface area contributed by atoms with Crippen molar-refractivity contribution in [1.29, 1.82) is 0 Å². The van der Waals surface area contributed by atoms with Crippen LogP contribution in [0.15, 0.2) is 0 Å². The Hall–Kier alpha value is -2.57. The first-order valence-electron chi connectivity index (χ1n) is 15.0. The third-order valence-electron chi connectivity index (χ3n) is 9.33. The summed E-state index contributed by atoms with van der Waals surface area (Å²) in [5.41, 5.74) is 0.0614.